The molecule has 0 atom stereocenters. The van der Waals surface area contributed by atoms with Crippen molar-refractivity contribution in [3.8, 4) is 0 Å². The normalized spacial score (nSPS) is 10.5. The Bertz CT molecular complexity index is 1120. The Kier molecular flexibility index (Phi) is 9.48. The molecule has 0 spiro atoms. The molecule has 3 aromatic rings. The molecule has 0 aromatic heterocycles. The summed E-state index contributed by atoms with van der Waals surface area (Å²) in [5, 5.41) is 16.5. The molecule has 9 nitrogen and oxygen atoms in total. The summed E-state index contributed by atoms with van der Waals surface area (Å²) in [5.74, 6) is -0.0258. The molecule has 1 amide bonds. The third-order valence-corrected chi connectivity index (χ3v) is 5.04. The van der Waals surface area contributed by atoms with Gasteiger partial charge in [-0.25, -0.2) is 0 Å². The maximum atomic E-state index is 11.7. The van der Waals surface area contributed by atoms with E-state index in [0.717, 1.165) is 25.2 Å². The number of hydrogen-bond donors (Lipinski definition) is 3. The van der Waals surface area contributed by atoms with E-state index in [2.05, 4.69) is 22.8 Å². The summed E-state index contributed by atoms with van der Waals surface area (Å²) in [6.07, 6.45) is 0. The molecule has 0 fully saturated rings. The van der Waals surface area contributed by atoms with Gasteiger partial charge >= 0.3 is 10.1 Å². The Labute approximate surface area is 186 Å². The van der Waals surface area contributed by atoms with E-state index in [9.17, 15) is 23.3 Å². The molecule has 0 aliphatic heterocycles. The average molecular weight is 458 g/mol. The second-order valence-corrected chi connectivity index (χ2v) is 7.87. The number of para-hydroxylation sites is 1. The van der Waals surface area contributed by atoms with Crippen LogP contribution in [0.2, 0.25) is 0 Å². The molecule has 168 valence electrons. The topological polar surface area (TPSA) is 139 Å². The van der Waals surface area contributed by atoms with Gasteiger partial charge in [-0.2, -0.15) is 8.42 Å². The number of rotatable bonds is 8. The molecule has 10 heteroatoms. The highest BCUT2D eigenvalue weighted by atomic mass is 32.2. The summed E-state index contributed by atoms with van der Waals surface area (Å²) in [7, 11) is -4.52. The Balaban J connectivity index is 0.000000244. The van der Waals surface area contributed by atoms with Crippen molar-refractivity contribution < 1.29 is 22.7 Å². The lowest BCUT2D eigenvalue weighted by Crippen LogP contribution is -2.31. The Morgan fingerprint density at radius 2 is 1.44 bits per heavy atom. The van der Waals surface area contributed by atoms with E-state index >= 15 is 0 Å². The molecule has 0 aliphatic carbocycles. The number of hydrogen-bond acceptors (Lipinski definition) is 6. The minimum atomic E-state index is -4.52. The largest absolute Gasteiger partial charge is 0.351 e. The van der Waals surface area contributed by atoms with Gasteiger partial charge in [0.05, 0.1) is 4.92 Å². The summed E-state index contributed by atoms with van der Waals surface area (Å²) < 4.78 is 29.8. The monoisotopic (exact) mass is 457 g/mol. The maximum absolute atomic E-state index is 11.7. The summed E-state index contributed by atoms with van der Waals surface area (Å²) in [4.78, 5) is 20.5. The van der Waals surface area contributed by atoms with Crippen molar-refractivity contribution in [1.82, 2.24) is 10.6 Å². The van der Waals surface area contributed by atoms with E-state index in [1.54, 1.807) is 0 Å². The highest BCUT2D eigenvalue weighted by Crippen LogP contribution is 2.21. The zero-order valence-corrected chi connectivity index (χ0v) is 17.9. The lowest BCUT2D eigenvalue weighted by atomic mass is 10.2. The van der Waals surface area contributed by atoms with E-state index in [4.69, 9.17) is 4.55 Å². The third-order valence-electron chi connectivity index (χ3n) is 4.14. The van der Waals surface area contributed by atoms with E-state index in [0.29, 0.717) is 12.1 Å². The number of nitro benzene ring substituents is 1. The summed E-state index contributed by atoms with van der Waals surface area (Å²) in [6.45, 7) is 2.20. The number of benzene rings is 3. The van der Waals surface area contributed by atoms with Crippen molar-refractivity contribution in [2.45, 2.75) is 11.4 Å². The number of nitrogens with one attached hydrogen (secondary N) is 2. The van der Waals surface area contributed by atoms with Crippen LogP contribution in [0.4, 0.5) is 5.69 Å². The zero-order chi connectivity index (χ0) is 23.4. The van der Waals surface area contributed by atoms with Gasteiger partial charge in [-0.15, -0.1) is 0 Å². The molecule has 3 N–H and O–H groups in total. The van der Waals surface area contributed by atoms with Crippen LogP contribution in [-0.2, 0) is 16.7 Å². The molecule has 32 heavy (non-hydrogen) atoms. The van der Waals surface area contributed by atoms with Gasteiger partial charge in [-0.1, -0.05) is 60.7 Å². The van der Waals surface area contributed by atoms with Gasteiger partial charge in [0.1, 0.15) is 0 Å². The molecule has 0 unspecified atom stereocenters. The Morgan fingerprint density at radius 3 is 2.00 bits per heavy atom. The molecule has 0 saturated heterocycles. The third kappa shape index (κ3) is 8.26. The lowest BCUT2D eigenvalue weighted by molar-refractivity contribution is -0.387. The molecule has 0 aliphatic rings. The number of carbonyl (C=O) groups excluding carboxylic acids is 1. The molecule has 0 radical (unpaired) electrons. The quantitative estimate of drug-likeness (QED) is 0.204. The van der Waals surface area contributed by atoms with Crippen molar-refractivity contribution >= 4 is 21.7 Å². The van der Waals surface area contributed by atoms with E-state index < -0.39 is 25.6 Å². The number of nitrogens with zero attached hydrogens (tertiary/aromatic N) is 1. The van der Waals surface area contributed by atoms with E-state index in [-0.39, 0.29) is 5.91 Å². The van der Waals surface area contributed by atoms with Crippen LogP contribution in [0.15, 0.2) is 89.8 Å². The standard InChI is InChI=1S/C16H18N2O.C6H5NO5S/c19-16(15-9-5-2-6-10-15)18-12-11-17-13-14-7-3-1-4-8-14;8-7(9)5-3-1-2-4-6(5)13(10,11)12/h1-10,17H,11-13H2,(H,18,19);1-4H,(H,10,11,12). The van der Waals surface area contributed by atoms with Crippen molar-refractivity contribution in [1.29, 1.82) is 0 Å². The van der Waals surface area contributed by atoms with Crippen LogP contribution in [0.5, 0.6) is 0 Å². The smallest absolute Gasteiger partial charge is 0.301 e. The van der Waals surface area contributed by atoms with Crippen LogP contribution in [-0.4, -0.2) is 36.9 Å². The van der Waals surface area contributed by atoms with Crippen LogP contribution in [0.3, 0.4) is 0 Å². The first-order valence-corrected chi connectivity index (χ1v) is 11.0. The van der Waals surface area contributed by atoms with Crippen LogP contribution in [0, 0.1) is 10.1 Å². The van der Waals surface area contributed by atoms with Gasteiger partial charge < -0.3 is 10.6 Å². The molecular weight excluding hydrogens is 434 g/mol. The van der Waals surface area contributed by atoms with Crippen molar-refractivity contribution in [3.63, 3.8) is 0 Å². The first-order chi connectivity index (χ1) is 15.3. The highest BCUT2D eigenvalue weighted by Gasteiger charge is 2.22. The van der Waals surface area contributed by atoms with Gasteiger partial charge in [0.2, 0.25) is 0 Å². The summed E-state index contributed by atoms with van der Waals surface area (Å²) in [5.41, 5.74) is 1.31. The summed E-state index contributed by atoms with van der Waals surface area (Å²) >= 11 is 0. The van der Waals surface area contributed by atoms with Gasteiger partial charge in [-0.05, 0) is 23.8 Å². The van der Waals surface area contributed by atoms with Crippen molar-refractivity contribution in [2.24, 2.45) is 0 Å². The average Bonchev–Trinajstić information content (AvgIpc) is 2.80. The van der Waals surface area contributed by atoms with Gasteiger partial charge in [0.25, 0.3) is 11.6 Å². The highest BCUT2D eigenvalue weighted by molar-refractivity contribution is 7.86. The second kappa shape index (κ2) is 12.3. The van der Waals surface area contributed by atoms with Crippen molar-refractivity contribution in [3.05, 3.63) is 106 Å². The minimum absolute atomic E-state index is 0.0258. The molecule has 3 aromatic carbocycles. The zero-order valence-electron chi connectivity index (χ0n) is 17.0. The Morgan fingerprint density at radius 1 is 0.875 bits per heavy atom. The fraction of sp³-hybridized carbons (Fsp3) is 0.136. The molecule has 0 bridgehead atoms. The van der Waals surface area contributed by atoms with E-state index in [1.807, 2.05) is 48.5 Å². The molecule has 0 heterocycles. The van der Waals surface area contributed by atoms with Gasteiger partial charge in [0.15, 0.2) is 4.90 Å². The SMILES string of the molecule is O=C(NCCNCc1ccccc1)c1ccccc1.O=[N+]([O-])c1ccccc1S(=O)(=O)O. The predicted octanol–water partition coefficient (Wildman–Crippen LogP) is 3.05. The molecular formula is C22H23N3O6S. The first-order valence-electron chi connectivity index (χ1n) is 9.58. The second-order valence-electron chi connectivity index (χ2n) is 6.48. The van der Waals surface area contributed by atoms with E-state index in [1.165, 1.54) is 17.7 Å². The van der Waals surface area contributed by atoms with Crippen LogP contribution >= 0.6 is 0 Å². The Hall–Kier alpha value is -3.60. The van der Waals surface area contributed by atoms with Crippen molar-refractivity contribution in [2.75, 3.05) is 13.1 Å². The molecule has 3 rings (SSSR count). The summed E-state index contributed by atoms with van der Waals surface area (Å²) in [6, 6.07) is 24.0. The lowest BCUT2D eigenvalue weighted by Gasteiger charge is -2.07. The van der Waals surface area contributed by atoms with Crippen LogP contribution in [0.25, 0.3) is 0 Å². The fourth-order valence-corrected chi connectivity index (χ4v) is 3.27. The number of carbonyl (C=O) groups is 1. The minimum Gasteiger partial charge on any atom is -0.351 e. The number of nitro groups is 1. The first kappa shape index (κ1) is 24.7. The predicted molar refractivity (Wildman–Crippen MR) is 120 cm³/mol. The van der Waals surface area contributed by atoms with Crippen LogP contribution in [0.1, 0.15) is 15.9 Å². The molecule has 0 saturated carbocycles. The van der Waals surface area contributed by atoms with Gasteiger partial charge in [0, 0.05) is 31.3 Å². The maximum Gasteiger partial charge on any atom is 0.301 e. The van der Waals surface area contributed by atoms with Crippen LogP contribution < -0.4 is 10.6 Å². The fourth-order valence-electron chi connectivity index (χ4n) is 2.61. The van der Waals surface area contributed by atoms with Gasteiger partial charge in [-0.3, -0.25) is 19.5 Å². The number of amides is 1.